The first-order valence-corrected chi connectivity index (χ1v) is 7.28. The van der Waals surface area contributed by atoms with Crippen LogP contribution in [0.4, 0.5) is 4.39 Å². The van der Waals surface area contributed by atoms with E-state index in [0.29, 0.717) is 22.9 Å². The van der Waals surface area contributed by atoms with Crippen LogP contribution in [0, 0.1) is 18.7 Å². The summed E-state index contributed by atoms with van der Waals surface area (Å²) >= 11 is 5.94. The monoisotopic (exact) mass is 283 g/mol. The third kappa shape index (κ3) is 3.47. The highest BCUT2D eigenvalue weighted by Gasteiger charge is 2.26. The number of hydrogen-bond acceptors (Lipinski definition) is 1. The largest absolute Gasteiger partial charge is 0.349 e. The molecule has 0 saturated heterocycles. The van der Waals surface area contributed by atoms with Gasteiger partial charge in [0.05, 0.1) is 0 Å². The maximum atomic E-state index is 13.5. The first-order valence-electron chi connectivity index (χ1n) is 6.75. The van der Waals surface area contributed by atoms with Crippen LogP contribution in [0.15, 0.2) is 18.2 Å². The molecule has 2 atom stereocenters. The molecule has 0 spiro atoms. The Morgan fingerprint density at radius 1 is 1.42 bits per heavy atom. The van der Waals surface area contributed by atoms with Crippen molar-refractivity contribution in [3.63, 3.8) is 0 Å². The maximum absolute atomic E-state index is 13.5. The molecule has 1 aliphatic carbocycles. The van der Waals surface area contributed by atoms with Gasteiger partial charge in [-0.1, -0.05) is 18.9 Å². The zero-order valence-electron chi connectivity index (χ0n) is 11.1. The Hall–Kier alpha value is -1.09. The van der Waals surface area contributed by atoms with Gasteiger partial charge in [-0.2, -0.15) is 0 Å². The second-order valence-corrected chi connectivity index (χ2v) is 5.55. The zero-order valence-corrected chi connectivity index (χ0v) is 11.8. The van der Waals surface area contributed by atoms with Crippen LogP contribution >= 0.6 is 11.6 Å². The van der Waals surface area contributed by atoms with Gasteiger partial charge < -0.3 is 5.32 Å². The Morgan fingerprint density at radius 2 is 2.16 bits per heavy atom. The van der Waals surface area contributed by atoms with Gasteiger partial charge in [0.1, 0.15) is 5.82 Å². The number of alkyl halides is 1. The Morgan fingerprint density at radius 3 is 2.84 bits per heavy atom. The third-order valence-corrected chi connectivity index (χ3v) is 4.25. The molecule has 104 valence electrons. The van der Waals surface area contributed by atoms with E-state index in [-0.39, 0.29) is 17.8 Å². The lowest BCUT2D eigenvalue weighted by Crippen LogP contribution is -2.42. The summed E-state index contributed by atoms with van der Waals surface area (Å²) in [5.41, 5.74) is 0.926. The predicted molar refractivity (Wildman–Crippen MR) is 75.1 cm³/mol. The molecule has 19 heavy (non-hydrogen) atoms. The van der Waals surface area contributed by atoms with Crippen LogP contribution < -0.4 is 5.32 Å². The molecule has 1 N–H and O–H groups in total. The van der Waals surface area contributed by atoms with E-state index in [4.69, 9.17) is 11.6 Å². The van der Waals surface area contributed by atoms with Crippen molar-refractivity contribution < 1.29 is 9.18 Å². The van der Waals surface area contributed by atoms with Crippen molar-refractivity contribution in [3.8, 4) is 0 Å². The van der Waals surface area contributed by atoms with Gasteiger partial charge >= 0.3 is 0 Å². The SMILES string of the molecule is Cc1ccc(C(=O)NC2CCCCC2CCl)cc1F. The van der Waals surface area contributed by atoms with Gasteiger partial charge in [-0.25, -0.2) is 4.39 Å². The minimum Gasteiger partial charge on any atom is -0.349 e. The summed E-state index contributed by atoms with van der Waals surface area (Å²) in [4.78, 5) is 12.1. The van der Waals surface area contributed by atoms with Crippen LogP contribution in [0.2, 0.25) is 0 Å². The van der Waals surface area contributed by atoms with Gasteiger partial charge in [0, 0.05) is 17.5 Å². The fourth-order valence-corrected chi connectivity index (χ4v) is 2.94. The van der Waals surface area contributed by atoms with E-state index in [9.17, 15) is 9.18 Å². The Labute approximate surface area is 118 Å². The first-order chi connectivity index (χ1) is 9.11. The lowest BCUT2D eigenvalue weighted by molar-refractivity contribution is 0.0910. The lowest BCUT2D eigenvalue weighted by atomic mass is 9.85. The highest BCUT2D eigenvalue weighted by atomic mass is 35.5. The molecule has 0 heterocycles. The molecule has 4 heteroatoms. The molecule has 1 aromatic rings. The summed E-state index contributed by atoms with van der Waals surface area (Å²) in [6.07, 6.45) is 4.29. The first kappa shape index (κ1) is 14.3. The van der Waals surface area contributed by atoms with Crippen molar-refractivity contribution in [2.45, 2.75) is 38.6 Å². The van der Waals surface area contributed by atoms with Crippen molar-refractivity contribution in [3.05, 3.63) is 35.1 Å². The molecular formula is C15H19ClFNO. The standard InChI is InChI=1S/C15H19ClFNO/c1-10-6-7-11(8-13(10)17)15(19)18-14-5-3-2-4-12(14)9-16/h6-8,12,14H,2-5,9H2,1H3,(H,18,19). The summed E-state index contributed by atoms with van der Waals surface area (Å²) in [5.74, 6) is 0.341. The molecule has 0 radical (unpaired) electrons. The minimum atomic E-state index is -0.342. The van der Waals surface area contributed by atoms with Gasteiger partial charge in [0.2, 0.25) is 0 Å². The van der Waals surface area contributed by atoms with E-state index >= 15 is 0 Å². The zero-order chi connectivity index (χ0) is 13.8. The molecule has 1 fully saturated rings. The second-order valence-electron chi connectivity index (χ2n) is 5.24. The van der Waals surface area contributed by atoms with Crippen molar-refractivity contribution in [2.75, 3.05) is 5.88 Å². The highest BCUT2D eigenvalue weighted by molar-refractivity contribution is 6.18. The molecule has 1 amide bonds. The normalized spacial score (nSPS) is 23.1. The molecular weight excluding hydrogens is 265 g/mol. The van der Waals surface area contributed by atoms with E-state index in [0.717, 1.165) is 19.3 Å². The number of rotatable bonds is 3. The van der Waals surface area contributed by atoms with Crippen LogP contribution in [-0.2, 0) is 0 Å². The van der Waals surface area contributed by atoms with E-state index in [1.54, 1.807) is 19.1 Å². The smallest absolute Gasteiger partial charge is 0.251 e. The third-order valence-electron chi connectivity index (χ3n) is 3.86. The van der Waals surface area contributed by atoms with Crippen molar-refractivity contribution >= 4 is 17.5 Å². The van der Waals surface area contributed by atoms with Gasteiger partial charge in [0.25, 0.3) is 5.91 Å². The van der Waals surface area contributed by atoms with Crippen LogP contribution in [0.5, 0.6) is 0 Å². The van der Waals surface area contributed by atoms with E-state index in [2.05, 4.69) is 5.32 Å². The minimum absolute atomic E-state index is 0.114. The second kappa shape index (κ2) is 6.38. The fraction of sp³-hybridized carbons (Fsp3) is 0.533. The Kier molecular flexibility index (Phi) is 4.81. The molecule has 1 saturated carbocycles. The van der Waals surface area contributed by atoms with Crippen molar-refractivity contribution in [2.24, 2.45) is 5.92 Å². The van der Waals surface area contributed by atoms with E-state index in [1.807, 2.05) is 0 Å². The molecule has 2 rings (SSSR count). The average molecular weight is 284 g/mol. The molecule has 0 bridgehead atoms. The maximum Gasteiger partial charge on any atom is 0.251 e. The number of carbonyl (C=O) groups excluding carboxylic acids is 1. The summed E-state index contributed by atoms with van der Waals surface area (Å²) in [6.45, 7) is 1.68. The Balaban J connectivity index is 2.05. The Bertz CT molecular complexity index is 463. The topological polar surface area (TPSA) is 29.1 Å². The van der Waals surface area contributed by atoms with E-state index < -0.39 is 0 Å². The summed E-state index contributed by atoms with van der Waals surface area (Å²) in [5, 5.41) is 2.99. The number of amides is 1. The fourth-order valence-electron chi connectivity index (χ4n) is 2.57. The number of aryl methyl sites for hydroxylation is 1. The number of nitrogens with one attached hydrogen (secondary N) is 1. The molecule has 2 nitrogen and oxygen atoms in total. The molecule has 1 aliphatic rings. The quantitative estimate of drug-likeness (QED) is 0.843. The molecule has 1 aromatic carbocycles. The van der Waals surface area contributed by atoms with Crippen molar-refractivity contribution in [1.29, 1.82) is 0 Å². The molecule has 0 aromatic heterocycles. The van der Waals surface area contributed by atoms with Gasteiger partial charge in [0.15, 0.2) is 0 Å². The van der Waals surface area contributed by atoms with Gasteiger partial charge in [-0.15, -0.1) is 11.6 Å². The highest BCUT2D eigenvalue weighted by Crippen LogP contribution is 2.25. The van der Waals surface area contributed by atoms with Crippen LogP contribution in [0.1, 0.15) is 41.6 Å². The van der Waals surface area contributed by atoms with Gasteiger partial charge in [-0.3, -0.25) is 4.79 Å². The van der Waals surface area contributed by atoms with Crippen LogP contribution in [-0.4, -0.2) is 17.8 Å². The number of halogens is 2. The van der Waals surface area contributed by atoms with Crippen molar-refractivity contribution in [1.82, 2.24) is 5.32 Å². The summed E-state index contributed by atoms with van der Waals surface area (Å²) < 4.78 is 13.5. The average Bonchev–Trinajstić information content (AvgIpc) is 2.42. The number of hydrogen-bond donors (Lipinski definition) is 1. The van der Waals surface area contributed by atoms with Crippen LogP contribution in [0.3, 0.4) is 0 Å². The van der Waals surface area contributed by atoms with Gasteiger partial charge in [-0.05, 0) is 43.4 Å². The van der Waals surface area contributed by atoms with E-state index in [1.165, 1.54) is 12.5 Å². The molecule has 2 unspecified atom stereocenters. The van der Waals surface area contributed by atoms with Crippen LogP contribution in [0.25, 0.3) is 0 Å². The molecule has 0 aliphatic heterocycles. The number of carbonyl (C=O) groups is 1. The lowest BCUT2D eigenvalue weighted by Gasteiger charge is -2.30. The summed E-state index contributed by atoms with van der Waals surface area (Å²) in [7, 11) is 0. The summed E-state index contributed by atoms with van der Waals surface area (Å²) in [6, 6.07) is 4.70. The number of benzene rings is 1. The predicted octanol–water partition coefficient (Wildman–Crippen LogP) is 3.66.